The normalized spacial score (nSPS) is 12.1. The maximum absolute atomic E-state index is 12.8. The van der Waals surface area contributed by atoms with Crippen molar-refractivity contribution in [3.8, 4) is 0 Å². The van der Waals surface area contributed by atoms with Crippen LogP contribution in [0.25, 0.3) is 0 Å². The minimum atomic E-state index is -2.51. The van der Waals surface area contributed by atoms with Gasteiger partial charge in [-0.3, -0.25) is 0 Å². The van der Waals surface area contributed by atoms with E-state index in [0.717, 1.165) is 3.80 Å². The molecule has 108 valence electrons. The Bertz CT molecular complexity index is 201. The topological polar surface area (TPSA) is 17.1 Å². The molecule has 0 aromatic carbocycles. The molecule has 0 spiro atoms. The van der Waals surface area contributed by atoms with E-state index in [1.54, 1.807) is 0 Å². The van der Waals surface area contributed by atoms with Crippen molar-refractivity contribution in [1.82, 2.24) is 0 Å². The van der Waals surface area contributed by atoms with Crippen LogP contribution >= 0.6 is 0 Å². The van der Waals surface area contributed by atoms with Crippen LogP contribution < -0.4 is 0 Å². The predicted octanol–water partition coefficient (Wildman–Crippen LogP) is 5.60. The number of carbonyl (C=O) groups is 1. The molecule has 18 heavy (non-hydrogen) atoms. The maximum atomic E-state index is 12.8. The third-order valence-corrected chi connectivity index (χ3v) is 19.9. The van der Waals surface area contributed by atoms with Crippen molar-refractivity contribution in [3.05, 3.63) is 0 Å². The van der Waals surface area contributed by atoms with Crippen LogP contribution in [-0.4, -0.2) is 22.2 Å². The monoisotopic (exact) mass is 362 g/mol. The van der Waals surface area contributed by atoms with Gasteiger partial charge < -0.3 is 0 Å². The molecule has 0 amide bonds. The third-order valence-electron chi connectivity index (χ3n) is 4.07. The molecule has 0 aromatic rings. The van der Waals surface area contributed by atoms with Gasteiger partial charge in [-0.15, -0.1) is 0 Å². The second-order valence-electron chi connectivity index (χ2n) is 6.11. The van der Waals surface area contributed by atoms with Crippen LogP contribution in [0.4, 0.5) is 0 Å². The Kier molecular flexibility index (Phi) is 10.5. The van der Waals surface area contributed by atoms with E-state index >= 15 is 0 Å². The summed E-state index contributed by atoms with van der Waals surface area (Å²) in [4.78, 5) is 12.8. The van der Waals surface area contributed by atoms with Gasteiger partial charge in [0.2, 0.25) is 0 Å². The van der Waals surface area contributed by atoms with Crippen LogP contribution in [0.2, 0.25) is 13.3 Å². The molecule has 0 aromatic heterocycles. The molecule has 1 nitrogen and oxygen atoms in total. The van der Waals surface area contributed by atoms with Crippen LogP contribution in [0, 0.1) is 5.92 Å². The zero-order valence-electron chi connectivity index (χ0n) is 13.3. The molecular formula is C16H34OSn. The van der Waals surface area contributed by atoms with Crippen molar-refractivity contribution in [2.24, 2.45) is 5.92 Å². The first-order valence-electron chi connectivity index (χ1n) is 8.08. The quantitative estimate of drug-likeness (QED) is 0.438. The zero-order valence-corrected chi connectivity index (χ0v) is 16.2. The molecule has 0 aliphatic rings. The number of carbonyl (C=O) groups excluding carboxylic acids is 1. The first kappa shape index (κ1) is 18.5. The summed E-state index contributed by atoms with van der Waals surface area (Å²) in [6.45, 7) is 11.0. The van der Waals surface area contributed by atoms with E-state index in [4.69, 9.17) is 0 Å². The van der Waals surface area contributed by atoms with E-state index in [-0.39, 0.29) is 5.92 Å². The van der Waals surface area contributed by atoms with Gasteiger partial charge in [-0.05, 0) is 0 Å². The van der Waals surface area contributed by atoms with E-state index in [1.165, 1.54) is 51.8 Å². The van der Waals surface area contributed by atoms with E-state index in [9.17, 15) is 4.79 Å². The molecule has 0 N–H and O–H groups in total. The van der Waals surface area contributed by atoms with Gasteiger partial charge in [0, 0.05) is 0 Å². The summed E-state index contributed by atoms with van der Waals surface area (Å²) in [7, 11) is 0. The standard InChI is InChI=1S/C4H7O.3C4H9.Sn/c1-4(2)3-5;3*1-3-4-2;/h4H,1-2H3;3*1,3-4H2,2H3;. The average Bonchev–Trinajstić information content (AvgIpc) is 2.37. The summed E-state index contributed by atoms with van der Waals surface area (Å²) >= 11 is -2.51. The second kappa shape index (κ2) is 10.3. The SMILES string of the molecule is CCC[CH2][Sn]([CH2]CCC)([CH2]CCC)[C](=O)C(C)C. The summed E-state index contributed by atoms with van der Waals surface area (Å²) in [5.74, 6) is 0.284. The van der Waals surface area contributed by atoms with Gasteiger partial charge in [0.1, 0.15) is 0 Å². The predicted molar refractivity (Wildman–Crippen MR) is 84.7 cm³/mol. The number of hydrogen-bond acceptors (Lipinski definition) is 1. The van der Waals surface area contributed by atoms with E-state index in [2.05, 4.69) is 34.6 Å². The molecule has 0 aliphatic heterocycles. The number of unbranched alkanes of at least 4 members (excludes halogenated alkanes) is 3. The Hall–Kier alpha value is 0.469. The Balaban J connectivity index is 4.90. The molecule has 2 heteroatoms. The average molecular weight is 361 g/mol. The Morgan fingerprint density at radius 3 is 1.39 bits per heavy atom. The second-order valence-corrected chi connectivity index (χ2v) is 19.1. The molecule has 0 unspecified atom stereocenters. The molecule has 0 saturated heterocycles. The summed E-state index contributed by atoms with van der Waals surface area (Å²) in [6, 6.07) is 0. The number of hydrogen-bond donors (Lipinski definition) is 0. The molecule has 0 radical (unpaired) electrons. The van der Waals surface area contributed by atoms with Gasteiger partial charge in [0.15, 0.2) is 0 Å². The van der Waals surface area contributed by atoms with Gasteiger partial charge in [-0.25, -0.2) is 0 Å². The van der Waals surface area contributed by atoms with E-state index in [0.29, 0.717) is 0 Å². The van der Waals surface area contributed by atoms with E-state index < -0.39 is 18.4 Å². The summed E-state index contributed by atoms with van der Waals surface area (Å²) in [5, 5.41) is 0. The van der Waals surface area contributed by atoms with Crippen molar-refractivity contribution >= 4 is 22.2 Å². The van der Waals surface area contributed by atoms with Crippen molar-refractivity contribution < 1.29 is 4.79 Å². The van der Waals surface area contributed by atoms with Gasteiger partial charge in [0.05, 0.1) is 0 Å². The Labute approximate surface area is 119 Å². The third kappa shape index (κ3) is 6.08. The van der Waals surface area contributed by atoms with Crippen LogP contribution in [-0.2, 0) is 4.79 Å². The molecule has 0 heterocycles. The van der Waals surface area contributed by atoms with E-state index in [1.807, 2.05) is 0 Å². The van der Waals surface area contributed by atoms with Crippen LogP contribution in [0.5, 0.6) is 0 Å². The van der Waals surface area contributed by atoms with Crippen molar-refractivity contribution in [2.45, 2.75) is 86.5 Å². The minimum absolute atomic E-state index is 0.284. The molecular weight excluding hydrogens is 327 g/mol. The van der Waals surface area contributed by atoms with Crippen molar-refractivity contribution in [1.29, 1.82) is 0 Å². The van der Waals surface area contributed by atoms with Crippen molar-refractivity contribution in [3.63, 3.8) is 0 Å². The van der Waals surface area contributed by atoms with Crippen LogP contribution in [0.3, 0.4) is 0 Å². The number of rotatable bonds is 11. The van der Waals surface area contributed by atoms with Gasteiger partial charge in [-0.2, -0.15) is 0 Å². The van der Waals surface area contributed by atoms with Gasteiger partial charge >= 0.3 is 119 Å². The molecule has 0 fully saturated rings. The summed E-state index contributed by atoms with van der Waals surface area (Å²) < 4.78 is 4.70. The molecule has 0 aliphatic carbocycles. The molecule has 0 rings (SSSR count). The first-order chi connectivity index (χ1) is 8.54. The fraction of sp³-hybridized carbons (Fsp3) is 0.938. The zero-order chi connectivity index (χ0) is 14.0. The molecule has 0 saturated carbocycles. The van der Waals surface area contributed by atoms with Crippen LogP contribution in [0.1, 0.15) is 73.1 Å². The fourth-order valence-corrected chi connectivity index (χ4v) is 19.5. The summed E-state index contributed by atoms with van der Waals surface area (Å²) in [5.41, 5.74) is 0. The van der Waals surface area contributed by atoms with Gasteiger partial charge in [0.25, 0.3) is 0 Å². The Morgan fingerprint density at radius 2 is 1.17 bits per heavy atom. The van der Waals surface area contributed by atoms with Crippen molar-refractivity contribution in [2.75, 3.05) is 0 Å². The molecule has 0 atom stereocenters. The summed E-state index contributed by atoms with van der Waals surface area (Å²) in [6.07, 6.45) is 7.64. The van der Waals surface area contributed by atoms with Gasteiger partial charge in [-0.1, -0.05) is 0 Å². The molecule has 0 bridgehead atoms. The first-order valence-corrected chi connectivity index (χ1v) is 15.6. The van der Waals surface area contributed by atoms with Crippen LogP contribution in [0.15, 0.2) is 0 Å². The fourth-order valence-electron chi connectivity index (χ4n) is 2.90. The Morgan fingerprint density at radius 1 is 0.833 bits per heavy atom.